The molecule has 10 heteroatoms. The molecule has 0 bridgehead atoms. The van der Waals surface area contributed by atoms with E-state index in [0.29, 0.717) is 4.47 Å². The van der Waals surface area contributed by atoms with Crippen molar-refractivity contribution in [3.05, 3.63) is 22.7 Å². The van der Waals surface area contributed by atoms with Crippen molar-refractivity contribution in [1.82, 2.24) is 0 Å². The zero-order valence-corrected chi connectivity index (χ0v) is 13.0. The van der Waals surface area contributed by atoms with Crippen LogP contribution in [-0.4, -0.2) is 36.0 Å². The number of carbonyl (C=O) groups is 2. The highest BCUT2D eigenvalue weighted by atomic mass is 79.9. The van der Waals surface area contributed by atoms with Gasteiger partial charge in [0.2, 0.25) is 5.91 Å². The van der Waals surface area contributed by atoms with E-state index in [0.717, 1.165) is 6.07 Å². The van der Waals surface area contributed by atoms with Crippen LogP contribution in [0.4, 0.5) is 5.69 Å². The average molecular weight is 381 g/mol. The van der Waals surface area contributed by atoms with Gasteiger partial charge < -0.3 is 16.2 Å². The van der Waals surface area contributed by atoms with Gasteiger partial charge in [-0.3, -0.25) is 14.1 Å². The van der Waals surface area contributed by atoms with Crippen molar-refractivity contribution in [2.45, 2.75) is 23.8 Å². The van der Waals surface area contributed by atoms with Crippen LogP contribution in [0, 0.1) is 0 Å². The zero-order valence-electron chi connectivity index (χ0n) is 10.6. The second-order valence-corrected chi connectivity index (χ2v) is 6.52. The SMILES string of the molecule is N[C@@H](CCC(=O)Nc1cc(Br)cc(S(=O)(=O)O)c1)C(=O)O. The quantitative estimate of drug-likeness (QED) is 0.534. The largest absolute Gasteiger partial charge is 0.480 e. The Labute approximate surface area is 129 Å². The highest BCUT2D eigenvalue weighted by Crippen LogP contribution is 2.23. The van der Waals surface area contributed by atoms with Crippen LogP contribution in [0.5, 0.6) is 0 Å². The molecule has 0 aromatic heterocycles. The molecule has 0 saturated carbocycles. The van der Waals surface area contributed by atoms with Gasteiger partial charge in [0.25, 0.3) is 10.1 Å². The summed E-state index contributed by atoms with van der Waals surface area (Å²) in [6.45, 7) is 0. The summed E-state index contributed by atoms with van der Waals surface area (Å²) in [5, 5.41) is 11.0. The van der Waals surface area contributed by atoms with Gasteiger partial charge in [0.15, 0.2) is 0 Å². The molecule has 0 fully saturated rings. The number of nitrogens with one attached hydrogen (secondary N) is 1. The van der Waals surface area contributed by atoms with Gasteiger partial charge in [0.1, 0.15) is 6.04 Å². The smallest absolute Gasteiger partial charge is 0.320 e. The van der Waals surface area contributed by atoms with E-state index in [-0.39, 0.29) is 23.4 Å². The zero-order chi connectivity index (χ0) is 16.2. The summed E-state index contributed by atoms with van der Waals surface area (Å²) in [5.41, 5.74) is 5.41. The Bertz CT molecular complexity index is 661. The highest BCUT2D eigenvalue weighted by molar-refractivity contribution is 9.10. The van der Waals surface area contributed by atoms with Crippen LogP contribution >= 0.6 is 15.9 Å². The summed E-state index contributed by atoms with van der Waals surface area (Å²) in [4.78, 5) is 21.8. The van der Waals surface area contributed by atoms with Crippen molar-refractivity contribution in [3.63, 3.8) is 0 Å². The van der Waals surface area contributed by atoms with E-state index in [2.05, 4.69) is 21.2 Å². The fourth-order valence-electron chi connectivity index (χ4n) is 1.42. The van der Waals surface area contributed by atoms with Gasteiger partial charge in [-0.1, -0.05) is 15.9 Å². The van der Waals surface area contributed by atoms with Crippen molar-refractivity contribution in [3.8, 4) is 0 Å². The third kappa shape index (κ3) is 5.79. The second kappa shape index (κ2) is 6.98. The summed E-state index contributed by atoms with van der Waals surface area (Å²) in [6.07, 6.45) is -0.193. The second-order valence-electron chi connectivity index (χ2n) is 4.18. The summed E-state index contributed by atoms with van der Waals surface area (Å²) < 4.78 is 31.4. The Morgan fingerprint density at radius 1 is 1.33 bits per heavy atom. The van der Waals surface area contributed by atoms with E-state index in [1.165, 1.54) is 12.1 Å². The topological polar surface area (TPSA) is 147 Å². The maximum absolute atomic E-state index is 11.6. The molecule has 0 aliphatic heterocycles. The number of hydrogen-bond donors (Lipinski definition) is 4. The Balaban J connectivity index is 2.77. The minimum Gasteiger partial charge on any atom is -0.480 e. The van der Waals surface area contributed by atoms with Crippen LogP contribution in [0.1, 0.15) is 12.8 Å². The average Bonchev–Trinajstić information content (AvgIpc) is 2.33. The van der Waals surface area contributed by atoms with Crippen LogP contribution in [0.2, 0.25) is 0 Å². The number of aliphatic carboxylic acids is 1. The molecule has 8 nitrogen and oxygen atoms in total. The number of hydrogen-bond acceptors (Lipinski definition) is 5. The first-order valence-corrected chi connectivity index (χ1v) is 7.89. The van der Waals surface area contributed by atoms with Crippen molar-refractivity contribution in [2.24, 2.45) is 5.73 Å². The lowest BCUT2D eigenvalue weighted by atomic mass is 10.1. The van der Waals surface area contributed by atoms with E-state index in [1.54, 1.807) is 0 Å². The molecular formula is C11H13BrN2O6S. The lowest BCUT2D eigenvalue weighted by Crippen LogP contribution is -2.31. The number of rotatable bonds is 6. The molecule has 1 amide bonds. The maximum Gasteiger partial charge on any atom is 0.320 e. The predicted octanol–water partition coefficient (Wildman–Crippen LogP) is 0.826. The molecule has 116 valence electrons. The van der Waals surface area contributed by atoms with Crippen LogP contribution < -0.4 is 11.1 Å². The van der Waals surface area contributed by atoms with Gasteiger partial charge in [0.05, 0.1) is 4.90 Å². The van der Waals surface area contributed by atoms with Crippen molar-refractivity contribution < 1.29 is 27.7 Å². The fraction of sp³-hybridized carbons (Fsp3) is 0.273. The van der Waals surface area contributed by atoms with Gasteiger partial charge in [-0.15, -0.1) is 0 Å². The number of anilines is 1. The lowest BCUT2D eigenvalue weighted by molar-refractivity contribution is -0.138. The highest BCUT2D eigenvalue weighted by Gasteiger charge is 2.15. The molecule has 0 saturated heterocycles. The van der Waals surface area contributed by atoms with Crippen molar-refractivity contribution in [1.29, 1.82) is 0 Å². The molecule has 0 aliphatic rings. The molecule has 0 aliphatic carbocycles. The van der Waals surface area contributed by atoms with Gasteiger partial charge in [-0.2, -0.15) is 8.42 Å². The van der Waals surface area contributed by atoms with Gasteiger partial charge in [-0.05, 0) is 24.6 Å². The molecule has 1 atom stereocenters. The van der Waals surface area contributed by atoms with E-state index < -0.39 is 28.0 Å². The first-order valence-electron chi connectivity index (χ1n) is 5.66. The summed E-state index contributed by atoms with van der Waals surface area (Å²) >= 11 is 3.05. The molecule has 1 aromatic rings. The maximum atomic E-state index is 11.6. The number of amides is 1. The first-order chi connectivity index (χ1) is 9.59. The third-order valence-corrected chi connectivity index (χ3v) is 3.74. The number of carboxylic acid groups (broad SMARTS) is 1. The van der Waals surface area contributed by atoms with Gasteiger partial charge in [-0.25, -0.2) is 0 Å². The first kappa shape index (κ1) is 17.6. The Morgan fingerprint density at radius 3 is 2.48 bits per heavy atom. The third-order valence-electron chi connectivity index (χ3n) is 2.45. The van der Waals surface area contributed by atoms with E-state index in [9.17, 15) is 18.0 Å². The number of nitrogens with two attached hydrogens (primary N) is 1. The number of carbonyl (C=O) groups excluding carboxylic acids is 1. The summed E-state index contributed by atoms with van der Waals surface area (Å²) in [7, 11) is -4.40. The minimum atomic E-state index is -4.40. The molecule has 1 rings (SSSR count). The summed E-state index contributed by atoms with van der Waals surface area (Å²) in [5.74, 6) is -1.73. The molecule has 0 spiro atoms. The Kier molecular flexibility index (Phi) is 5.84. The Hall–Kier alpha value is -1.49. The Morgan fingerprint density at radius 2 is 1.95 bits per heavy atom. The van der Waals surface area contributed by atoms with Crippen LogP contribution in [0.25, 0.3) is 0 Å². The molecule has 0 heterocycles. The van der Waals surface area contributed by atoms with Crippen molar-refractivity contribution >= 4 is 43.6 Å². The van der Waals surface area contributed by atoms with Crippen LogP contribution in [0.3, 0.4) is 0 Å². The van der Waals surface area contributed by atoms with E-state index in [4.69, 9.17) is 15.4 Å². The minimum absolute atomic E-state index is 0.0552. The number of halogens is 1. The normalized spacial score (nSPS) is 12.7. The standard InChI is InChI=1S/C11H13BrN2O6S/c12-6-3-7(5-8(4-6)21(18,19)20)14-10(15)2-1-9(13)11(16)17/h3-5,9H,1-2,13H2,(H,14,15)(H,16,17)(H,18,19,20)/t9-/m0/s1. The molecular weight excluding hydrogens is 368 g/mol. The molecule has 0 unspecified atom stereocenters. The van der Waals surface area contributed by atoms with Crippen LogP contribution in [-0.2, 0) is 19.7 Å². The predicted molar refractivity (Wildman–Crippen MR) is 77.4 cm³/mol. The fourth-order valence-corrected chi connectivity index (χ4v) is 2.61. The number of carboxylic acids is 1. The number of benzene rings is 1. The lowest BCUT2D eigenvalue weighted by Gasteiger charge is -2.09. The molecule has 1 aromatic carbocycles. The summed E-state index contributed by atoms with van der Waals surface area (Å²) in [6, 6.07) is 2.54. The van der Waals surface area contributed by atoms with E-state index >= 15 is 0 Å². The molecule has 5 N–H and O–H groups in total. The van der Waals surface area contributed by atoms with Crippen molar-refractivity contribution in [2.75, 3.05) is 5.32 Å². The monoisotopic (exact) mass is 380 g/mol. The van der Waals surface area contributed by atoms with E-state index in [1.807, 2.05) is 0 Å². The van der Waals surface area contributed by atoms with Gasteiger partial charge in [0, 0.05) is 16.6 Å². The van der Waals surface area contributed by atoms with Crippen LogP contribution in [0.15, 0.2) is 27.6 Å². The van der Waals surface area contributed by atoms with Gasteiger partial charge >= 0.3 is 5.97 Å². The molecule has 21 heavy (non-hydrogen) atoms. The molecule has 0 radical (unpaired) electrons.